The first-order valence-corrected chi connectivity index (χ1v) is 6.57. The standard InChI is InChI=1S/C17H21N/c1-4-18-17(15-9-5-7-13(2)11-15)16-10-6-8-14(3)12-16/h5-12,17-18H,4H2,1-3H3. The predicted octanol–water partition coefficient (Wildman–Crippen LogP) is 4.00. The Hall–Kier alpha value is -1.60. The number of benzene rings is 2. The van der Waals surface area contributed by atoms with Crippen molar-refractivity contribution in [3.05, 3.63) is 70.8 Å². The van der Waals surface area contributed by atoms with Gasteiger partial charge < -0.3 is 5.32 Å². The highest BCUT2D eigenvalue weighted by Crippen LogP contribution is 2.23. The molecular weight excluding hydrogens is 218 g/mol. The van der Waals surface area contributed by atoms with Gasteiger partial charge in [0.25, 0.3) is 0 Å². The van der Waals surface area contributed by atoms with Crippen molar-refractivity contribution in [3.63, 3.8) is 0 Å². The average Bonchev–Trinajstić information content (AvgIpc) is 2.36. The molecule has 0 spiro atoms. The first-order chi connectivity index (χ1) is 8.70. The zero-order valence-electron chi connectivity index (χ0n) is 11.4. The van der Waals surface area contributed by atoms with Crippen molar-refractivity contribution in [2.45, 2.75) is 26.8 Å². The van der Waals surface area contributed by atoms with E-state index in [-0.39, 0.29) is 6.04 Å². The molecule has 0 fully saturated rings. The SMILES string of the molecule is CCNC(c1cccc(C)c1)c1cccc(C)c1. The van der Waals surface area contributed by atoms with E-state index in [1.165, 1.54) is 22.3 Å². The monoisotopic (exact) mass is 239 g/mol. The van der Waals surface area contributed by atoms with Crippen LogP contribution in [0.25, 0.3) is 0 Å². The molecular formula is C17H21N. The predicted molar refractivity (Wildman–Crippen MR) is 77.9 cm³/mol. The van der Waals surface area contributed by atoms with Crippen LogP contribution in [0, 0.1) is 13.8 Å². The highest BCUT2D eigenvalue weighted by atomic mass is 14.9. The second-order valence-corrected chi connectivity index (χ2v) is 4.82. The topological polar surface area (TPSA) is 12.0 Å². The van der Waals surface area contributed by atoms with Gasteiger partial charge >= 0.3 is 0 Å². The molecule has 0 atom stereocenters. The Balaban J connectivity index is 2.39. The Bertz CT molecular complexity index is 471. The van der Waals surface area contributed by atoms with Crippen LogP contribution >= 0.6 is 0 Å². The second kappa shape index (κ2) is 5.83. The normalized spacial score (nSPS) is 10.9. The van der Waals surface area contributed by atoms with Gasteiger partial charge in [-0.2, -0.15) is 0 Å². The van der Waals surface area contributed by atoms with E-state index in [0.717, 1.165) is 6.54 Å². The molecule has 2 aromatic carbocycles. The van der Waals surface area contributed by atoms with Gasteiger partial charge in [0.2, 0.25) is 0 Å². The number of hydrogen-bond donors (Lipinski definition) is 1. The lowest BCUT2D eigenvalue weighted by Crippen LogP contribution is -2.22. The first-order valence-electron chi connectivity index (χ1n) is 6.57. The summed E-state index contributed by atoms with van der Waals surface area (Å²) in [6.07, 6.45) is 0. The fourth-order valence-electron chi connectivity index (χ4n) is 2.33. The molecule has 1 nitrogen and oxygen atoms in total. The first kappa shape index (κ1) is 12.8. The molecule has 0 heterocycles. The van der Waals surface area contributed by atoms with Gasteiger partial charge in [-0.25, -0.2) is 0 Å². The summed E-state index contributed by atoms with van der Waals surface area (Å²) in [5.74, 6) is 0. The van der Waals surface area contributed by atoms with Gasteiger partial charge in [-0.15, -0.1) is 0 Å². The minimum atomic E-state index is 0.287. The molecule has 0 saturated heterocycles. The molecule has 94 valence electrons. The molecule has 2 aromatic rings. The molecule has 1 N–H and O–H groups in total. The molecule has 0 radical (unpaired) electrons. The quantitative estimate of drug-likeness (QED) is 0.850. The molecule has 0 aliphatic heterocycles. The molecule has 0 aliphatic carbocycles. The van der Waals surface area contributed by atoms with E-state index in [0.29, 0.717) is 0 Å². The lowest BCUT2D eigenvalue weighted by atomic mass is 9.96. The summed E-state index contributed by atoms with van der Waals surface area (Å²) in [5, 5.41) is 3.57. The zero-order chi connectivity index (χ0) is 13.0. The molecule has 0 bridgehead atoms. The summed E-state index contributed by atoms with van der Waals surface area (Å²) in [6, 6.07) is 17.7. The van der Waals surface area contributed by atoms with Crippen LogP contribution in [0.4, 0.5) is 0 Å². The maximum atomic E-state index is 3.57. The third-order valence-electron chi connectivity index (χ3n) is 3.16. The Morgan fingerprint density at radius 1 is 0.889 bits per heavy atom. The van der Waals surface area contributed by atoms with Crippen LogP contribution in [-0.2, 0) is 0 Å². The Morgan fingerprint density at radius 2 is 1.39 bits per heavy atom. The molecule has 1 heteroatoms. The molecule has 0 aliphatic rings. The summed E-state index contributed by atoms with van der Waals surface area (Å²) in [5.41, 5.74) is 5.29. The fourth-order valence-corrected chi connectivity index (χ4v) is 2.33. The third kappa shape index (κ3) is 2.99. The van der Waals surface area contributed by atoms with E-state index < -0.39 is 0 Å². The largest absolute Gasteiger partial charge is 0.307 e. The fraction of sp³-hybridized carbons (Fsp3) is 0.294. The lowest BCUT2D eigenvalue weighted by Gasteiger charge is -2.20. The number of rotatable bonds is 4. The highest BCUT2D eigenvalue weighted by molar-refractivity contribution is 5.35. The van der Waals surface area contributed by atoms with E-state index in [4.69, 9.17) is 0 Å². The van der Waals surface area contributed by atoms with Crippen LogP contribution in [0.5, 0.6) is 0 Å². The summed E-state index contributed by atoms with van der Waals surface area (Å²) in [7, 11) is 0. The van der Waals surface area contributed by atoms with Gasteiger partial charge in [0.1, 0.15) is 0 Å². The van der Waals surface area contributed by atoms with Crippen LogP contribution in [0.2, 0.25) is 0 Å². The molecule has 0 unspecified atom stereocenters. The van der Waals surface area contributed by atoms with Crippen LogP contribution in [-0.4, -0.2) is 6.54 Å². The van der Waals surface area contributed by atoms with E-state index >= 15 is 0 Å². The number of hydrogen-bond acceptors (Lipinski definition) is 1. The molecule has 18 heavy (non-hydrogen) atoms. The maximum absolute atomic E-state index is 3.57. The summed E-state index contributed by atoms with van der Waals surface area (Å²) in [6.45, 7) is 7.40. The number of nitrogens with one attached hydrogen (secondary N) is 1. The van der Waals surface area contributed by atoms with Crippen LogP contribution in [0.3, 0.4) is 0 Å². The summed E-state index contributed by atoms with van der Waals surface area (Å²) in [4.78, 5) is 0. The van der Waals surface area contributed by atoms with Crippen LogP contribution in [0.15, 0.2) is 48.5 Å². The number of aryl methyl sites for hydroxylation is 2. The average molecular weight is 239 g/mol. The van der Waals surface area contributed by atoms with Crippen molar-refractivity contribution in [1.82, 2.24) is 5.32 Å². The Morgan fingerprint density at radius 3 is 1.78 bits per heavy atom. The van der Waals surface area contributed by atoms with E-state index in [1.807, 2.05) is 0 Å². The molecule has 0 saturated carbocycles. The van der Waals surface area contributed by atoms with Gasteiger partial charge in [-0.3, -0.25) is 0 Å². The van der Waals surface area contributed by atoms with E-state index in [1.54, 1.807) is 0 Å². The van der Waals surface area contributed by atoms with Crippen molar-refractivity contribution >= 4 is 0 Å². The van der Waals surface area contributed by atoms with Crippen molar-refractivity contribution in [2.24, 2.45) is 0 Å². The summed E-state index contributed by atoms with van der Waals surface area (Å²) >= 11 is 0. The van der Waals surface area contributed by atoms with Gasteiger partial charge in [0.15, 0.2) is 0 Å². The van der Waals surface area contributed by atoms with Crippen molar-refractivity contribution < 1.29 is 0 Å². The van der Waals surface area contributed by atoms with Gasteiger partial charge in [0, 0.05) is 0 Å². The Labute approximate surface area is 110 Å². The van der Waals surface area contributed by atoms with E-state index in [9.17, 15) is 0 Å². The molecule has 2 rings (SSSR count). The van der Waals surface area contributed by atoms with E-state index in [2.05, 4.69) is 74.6 Å². The zero-order valence-corrected chi connectivity index (χ0v) is 11.4. The lowest BCUT2D eigenvalue weighted by molar-refractivity contribution is 0.630. The van der Waals surface area contributed by atoms with Gasteiger partial charge in [-0.1, -0.05) is 66.6 Å². The highest BCUT2D eigenvalue weighted by Gasteiger charge is 2.12. The summed E-state index contributed by atoms with van der Waals surface area (Å²) < 4.78 is 0. The van der Waals surface area contributed by atoms with Crippen molar-refractivity contribution in [3.8, 4) is 0 Å². The van der Waals surface area contributed by atoms with Crippen molar-refractivity contribution in [1.29, 1.82) is 0 Å². The third-order valence-corrected chi connectivity index (χ3v) is 3.16. The van der Waals surface area contributed by atoms with Gasteiger partial charge in [-0.05, 0) is 31.5 Å². The molecule has 0 aromatic heterocycles. The maximum Gasteiger partial charge on any atom is 0.0576 e. The minimum Gasteiger partial charge on any atom is -0.307 e. The van der Waals surface area contributed by atoms with Gasteiger partial charge in [0.05, 0.1) is 6.04 Å². The van der Waals surface area contributed by atoms with Crippen molar-refractivity contribution in [2.75, 3.05) is 6.54 Å². The molecule has 0 amide bonds. The second-order valence-electron chi connectivity index (χ2n) is 4.82. The van der Waals surface area contributed by atoms with Crippen LogP contribution < -0.4 is 5.32 Å². The van der Waals surface area contributed by atoms with Crippen LogP contribution in [0.1, 0.15) is 35.2 Å². The smallest absolute Gasteiger partial charge is 0.0576 e. The Kier molecular flexibility index (Phi) is 4.16. The minimum absolute atomic E-state index is 0.287.